The molecule has 1 amide bonds. The van der Waals surface area contributed by atoms with Crippen LogP contribution in [0.25, 0.3) is 0 Å². The number of para-hydroxylation sites is 2. The quantitative estimate of drug-likeness (QED) is 0.256. The third-order valence-electron chi connectivity index (χ3n) is 6.28. The Balaban J connectivity index is 1.17. The van der Waals surface area contributed by atoms with E-state index < -0.39 is 0 Å². The van der Waals surface area contributed by atoms with Crippen LogP contribution >= 0.6 is 11.8 Å². The first kappa shape index (κ1) is 24.3. The van der Waals surface area contributed by atoms with E-state index in [0.29, 0.717) is 6.54 Å². The molecule has 0 saturated carbocycles. The van der Waals surface area contributed by atoms with Crippen molar-refractivity contribution >= 4 is 29.0 Å². The van der Waals surface area contributed by atoms with Gasteiger partial charge in [-0.25, -0.2) is 0 Å². The second-order valence-electron chi connectivity index (χ2n) is 8.98. The monoisotopic (exact) mass is 493 g/mol. The molecule has 0 atom stereocenters. The van der Waals surface area contributed by atoms with E-state index in [1.165, 1.54) is 11.1 Å². The summed E-state index contributed by atoms with van der Waals surface area (Å²) in [5, 5.41) is 3.40. The number of hydrogen-bond donors (Lipinski definition) is 1. The van der Waals surface area contributed by atoms with Crippen LogP contribution in [-0.4, -0.2) is 30.4 Å². The van der Waals surface area contributed by atoms with E-state index in [2.05, 4.69) is 83.0 Å². The molecule has 0 aromatic heterocycles. The maximum atomic E-state index is 13.3. The number of nitrogens with one attached hydrogen (secondary N) is 1. The summed E-state index contributed by atoms with van der Waals surface area (Å²) in [7, 11) is 0. The molecule has 0 radical (unpaired) electrons. The Hall–Kier alpha value is -3.38. The first-order chi connectivity index (χ1) is 17.8. The molecule has 4 aromatic rings. The first-order valence-electron chi connectivity index (χ1n) is 12.5. The zero-order valence-electron chi connectivity index (χ0n) is 20.3. The summed E-state index contributed by atoms with van der Waals surface area (Å²) < 4.78 is 0. The molecule has 1 heterocycles. The van der Waals surface area contributed by atoms with Crippen LogP contribution < -0.4 is 10.2 Å². The fourth-order valence-electron chi connectivity index (χ4n) is 4.57. The Bertz CT molecular complexity index is 1190. The summed E-state index contributed by atoms with van der Waals surface area (Å²) >= 11 is 1.72. The maximum absolute atomic E-state index is 13.3. The number of carbonyl (C=O) groups is 1. The lowest BCUT2D eigenvalue weighted by atomic mass is 10.1. The van der Waals surface area contributed by atoms with Crippen molar-refractivity contribution in [2.45, 2.75) is 29.3 Å². The number of fused-ring (bicyclic) bond motifs is 2. The molecule has 0 bridgehead atoms. The zero-order valence-corrected chi connectivity index (χ0v) is 21.2. The van der Waals surface area contributed by atoms with E-state index in [-0.39, 0.29) is 5.91 Å². The van der Waals surface area contributed by atoms with Crippen LogP contribution in [0, 0.1) is 0 Å². The summed E-state index contributed by atoms with van der Waals surface area (Å²) in [6, 6.07) is 37.5. The molecule has 4 nitrogen and oxygen atoms in total. The number of hydrogen-bond acceptors (Lipinski definition) is 4. The van der Waals surface area contributed by atoms with Crippen molar-refractivity contribution in [1.82, 2.24) is 10.2 Å². The summed E-state index contributed by atoms with van der Waals surface area (Å²) in [6.45, 7) is 3.88. The Labute approximate surface area is 218 Å². The minimum atomic E-state index is 0.0700. The average Bonchev–Trinajstić information content (AvgIpc) is 2.92. The van der Waals surface area contributed by atoms with Gasteiger partial charge in [0, 0.05) is 29.4 Å². The molecule has 0 aliphatic carbocycles. The minimum absolute atomic E-state index is 0.0700. The second-order valence-corrected chi connectivity index (χ2v) is 10.1. The summed E-state index contributed by atoms with van der Waals surface area (Å²) in [4.78, 5) is 19.9. The van der Waals surface area contributed by atoms with Gasteiger partial charge in [0.1, 0.15) is 0 Å². The number of rotatable bonds is 10. The molecule has 182 valence electrons. The molecule has 1 aliphatic rings. The van der Waals surface area contributed by atoms with E-state index in [1.807, 2.05) is 41.3 Å². The lowest BCUT2D eigenvalue weighted by Crippen LogP contribution is -2.37. The summed E-state index contributed by atoms with van der Waals surface area (Å²) in [5.74, 6) is 0.0700. The Kier molecular flexibility index (Phi) is 8.13. The summed E-state index contributed by atoms with van der Waals surface area (Å²) in [5.41, 5.74) is 4.56. The minimum Gasteiger partial charge on any atom is -0.308 e. The van der Waals surface area contributed by atoms with Crippen molar-refractivity contribution in [2.75, 3.05) is 24.5 Å². The van der Waals surface area contributed by atoms with Gasteiger partial charge < -0.3 is 5.32 Å². The zero-order chi connectivity index (χ0) is 24.6. The van der Waals surface area contributed by atoms with Crippen LogP contribution in [0.1, 0.15) is 17.5 Å². The molecule has 0 spiro atoms. The molecule has 5 heteroatoms. The first-order valence-corrected chi connectivity index (χ1v) is 13.3. The Morgan fingerprint density at radius 2 is 1.19 bits per heavy atom. The van der Waals surface area contributed by atoms with Crippen LogP contribution in [0.5, 0.6) is 0 Å². The SMILES string of the molecule is O=C(CNCCCN(Cc1ccccc1)Cc1ccccc1)N1c2ccccc2Sc2ccccc21. The van der Waals surface area contributed by atoms with Crippen LogP contribution in [-0.2, 0) is 17.9 Å². The van der Waals surface area contributed by atoms with Crippen molar-refractivity contribution < 1.29 is 4.79 Å². The van der Waals surface area contributed by atoms with Gasteiger partial charge in [0.25, 0.3) is 0 Å². The number of carbonyl (C=O) groups excluding carboxylic acids is 1. The van der Waals surface area contributed by atoms with Crippen LogP contribution in [0.3, 0.4) is 0 Å². The highest BCUT2D eigenvalue weighted by atomic mass is 32.2. The topological polar surface area (TPSA) is 35.6 Å². The van der Waals surface area contributed by atoms with Crippen molar-refractivity contribution in [3.05, 3.63) is 120 Å². The average molecular weight is 494 g/mol. The van der Waals surface area contributed by atoms with Gasteiger partial charge in [0.05, 0.1) is 17.9 Å². The molecule has 36 heavy (non-hydrogen) atoms. The molecule has 0 unspecified atom stereocenters. The van der Waals surface area contributed by atoms with Gasteiger partial charge in [-0.1, -0.05) is 96.7 Å². The summed E-state index contributed by atoms with van der Waals surface area (Å²) in [6.07, 6.45) is 0.968. The number of benzene rings is 4. The van der Waals surface area contributed by atoms with Crippen LogP contribution in [0.15, 0.2) is 119 Å². The molecule has 4 aromatic carbocycles. The predicted molar refractivity (Wildman–Crippen MR) is 149 cm³/mol. The number of amides is 1. The largest absolute Gasteiger partial charge is 0.308 e. The highest BCUT2D eigenvalue weighted by Gasteiger charge is 2.27. The van der Waals surface area contributed by atoms with E-state index in [1.54, 1.807) is 11.8 Å². The van der Waals surface area contributed by atoms with Crippen LogP contribution in [0.2, 0.25) is 0 Å². The van der Waals surface area contributed by atoms with Crippen molar-refractivity contribution in [1.29, 1.82) is 0 Å². The molecule has 0 fully saturated rings. The Morgan fingerprint density at radius 1 is 0.694 bits per heavy atom. The maximum Gasteiger partial charge on any atom is 0.245 e. The van der Waals surface area contributed by atoms with Crippen molar-refractivity contribution in [3.8, 4) is 0 Å². The van der Waals surface area contributed by atoms with Crippen molar-refractivity contribution in [3.63, 3.8) is 0 Å². The predicted octanol–water partition coefficient (Wildman–Crippen LogP) is 6.50. The van der Waals surface area contributed by atoms with Gasteiger partial charge in [-0.05, 0) is 48.4 Å². The number of anilines is 2. The molecular weight excluding hydrogens is 462 g/mol. The normalized spacial score (nSPS) is 12.3. The third kappa shape index (κ3) is 6.05. The third-order valence-corrected chi connectivity index (χ3v) is 7.41. The fourth-order valence-corrected chi connectivity index (χ4v) is 5.63. The van der Waals surface area contributed by atoms with E-state index >= 15 is 0 Å². The van der Waals surface area contributed by atoms with Gasteiger partial charge in [0.15, 0.2) is 0 Å². The molecule has 1 N–H and O–H groups in total. The van der Waals surface area contributed by atoms with Gasteiger partial charge in [-0.15, -0.1) is 0 Å². The standard InChI is InChI=1S/C31H31N3OS/c35-31(34-27-16-7-9-18-29(27)36-30-19-10-8-17-28(30)34)22-32-20-11-21-33(23-25-12-3-1-4-13-25)24-26-14-5-2-6-15-26/h1-10,12-19,32H,11,20-24H2. The molecule has 5 rings (SSSR count). The van der Waals surface area contributed by atoms with E-state index in [9.17, 15) is 4.79 Å². The molecular formula is C31H31N3OS. The fraction of sp³-hybridized carbons (Fsp3) is 0.194. The number of nitrogens with zero attached hydrogens (tertiary/aromatic N) is 2. The van der Waals surface area contributed by atoms with Crippen LogP contribution in [0.4, 0.5) is 11.4 Å². The van der Waals surface area contributed by atoms with E-state index in [4.69, 9.17) is 0 Å². The smallest absolute Gasteiger partial charge is 0.245 e. The molecule has 1 aliphatic heterocycles. The van der Waals surface area contributed by atoms with E-state index in [0.717, 1.165) is 53.8 Å². The second kappa shape index (κ2) is 12.0. The van der Waals surface area contributed by atoms with Crippen molar-refractivity contribution in [2.24, 2.45) is 0 Å². The van der Waals surface area contributed by atoms with Gasteiger partial charge in [0.2, 0.25) is 5.91 Å². The Morgan fingerprint density at radius 3 is 1.75 bits per heavy atom. The van der Waals surface area contributed by atoms with Gasteiger partial charge >= 0.3 is 0 Å². The molecule has 0 saturated heterocycles. The van der Waals surface area contributed by atoms with Gasteiger partial charge in [-0.2, -0.15) is 0 Å². The highest BCUT2D eigenvalue weighted by molar-refractivity contribution is 7.99. The van der Waals surface area contributed by atoms with Gasteiger partial charge in [-0.3, -0.25) is 14.6 Å². The lowest BCUT2D eigenvalue weighted by molar-refractivity contribution is -0.117. The lowest BCUT2D eigenvalue weighted by Gasteiger charge is -2.31. The highest BCUT2D eigenvalue weighted by Crippen LogP contribution is 2.47.